The first-order valence-corrected chi connectivity index (χ1v) is 15.0. The minimum atomic E-state index is 0.205. The molecule has 36 heavy (non-hydrogen) atoms. The molecule has 4 rings (SSSR count). The Kier molecular flexibility index (Phi) is 10.7. The van der Waals surface area contributed by atoms with Gasteiger partial charge in [0.15, 0.2) is 0 Å². The van der Waals surface area contributed by atoms with Crippen LogP contribution in [0.5, 0.6) is 0 Å². The summed E-state index contributed by atoms with van der Waals surface area (Å²) >= 11 is 0. The van der Waals surface area contributed by atoms with Gasteiger partial charge in [0.1, 0.15) is 5.82 Å². The second kappa shape index (κ2) is 14.2. The fourth-order valence-corrected chi connectivity index (χ4v) is 6.36. The third-order valence-corrected chi connectivity index (χ3v) is 8.58. The molecule has 1 N–H and O–H groups in total. The summed E-state index contributed by atoms with van der Waals surface area (Å²) in [6, 6.07) is 2.89. The molecule has 1 amide bonds. The molecule has 1 aromatic heterocycles. The molecule has 0 radical (unpaired) electrons. The Bertz CT molecular complexity index is 796. The number of nitrogens with one attached hydrogen (secondary N) is 1. The summed E-state index contributed by atoms with van der Waals surface area (Å²) < 4.78 is 0. The number of amides is 1. The second-order valence-electron chi connectivity index (χ2n) is 11.3. The van der Waals surface area contributed by atoms with Gasteiger partial charge >= 0.3 is 0 Å². The Hall–Kier alpha value is -1.89. The van der Waals surface area contributed by atoms with Gasteiger partial charge in [-0.05, 0) is 64.0 Å². The highest BCUT2D eigenvalue weighted by atomic mass is 16.2. The monoisotopic (exact) mass is 498 g/mol. The van der Waals surface area contributed by atoms with E-state index in [1.165, 1.54) is 51.4 Å². The van der Waals surface area contributed by atoms with Crippen molar-refractivity contribution >= 4 is 17.7 Å². The van der Waals surface area contributed by atoms with Crippen molar-refractivity contribution in [1.29, 1.82) is 0 Å². The molecular formula is C29H50N6O. The SMILES string of the molecule is CCCCC(CC)C(=O)N1CCCC(N2CCCCC(Nc3nccc(N4CCCCCC4)n3)C2)C1. The van der Waals surface area contributed by atoms with E-state index in [9.17, 15) is 4.79 Å². The second-order valence-corrected chi connectivity index (χ2v) is 11.3. The molecule has 3 aliphatic heterocycles. The Balaban J connectivity index is 1.36. The van der Waals surface area contributed by atoms with Gasteiger partial charge in [-0.3, -0.25) is 9.69 Å². The third-order valence-electron chi connectivity index (χ3n) is 8.58. The molecule has 3 aliphatic rings. The van der Waals surface area contributed by atoms with Gasteiger partial charge in [0.2, 0.25) is 11.9 Å². The van der Waals surface area contributed by atoms with Gasteiger partial charge in [-0.25, -0.2) is 4.98 Å². The number of carbonyl (C=O) groups excluding carboxylic acids is 1. The highest BCUT2D eigenvalue weighted by Gasteiger charge is 2.32. The lowest BCUT2D eigenvalue weighted by Gasteiger charge is -2.41. The van der Waals surface area contributed by atoms with Gasteiger partial charge in [-0.1, -0.05) is 46.0 Å². The van der Waals surface area contributed by atoms with Crippen molar-refractivity contribution in [1.82, 2.24) is 19.8 Å². The fraction of sp³-hybridized carbons (Fsp3) is 0.828. The number of anilines is 2. The lowest BCUT2D eigenvalue weighted by Crippen LogP contribution is -2.52. The number of likely N-dealkylation sites (tertiary alicyclic amines) is 2. The van der Waals surface area contributed by atoms with E-state index in [2.05, 4.69) is 44.9 Å². The van der Waals surface area contributed by atoms with Gasteiger partial charge in [-0.15, -0.1) is 0 Å². The predicted molar refractivity (Wildman–Crippen MR) is 148 cm³/mol. The summed E-state index contributed by atoms with van der Waals surface area (Å²) in [5, 5.41) is 3.70. The Morgan fingerprint density at radius 1 is 1.00 bits per heavy atom. The predicted octanol–water partition coefficient (Wildman–Crippen LogP) is 5.33. The van der Waals surface area contributed by atoms with E-state index >= 15 is 0 Å². The minimum absolute atomic E-state index is 0.205. The van der Waals surface area contributed by atoms with Crippen LogP contribution in [-0.4, -0.2) is 77.0 Å². The summed E-state index contributed by atoms with van der Waals surface area (Å²) in [6.45, 7) is 10.6. The van der Waals surface area contributed by atoms with E-state index in [4.69, 9.17) is 4.98 Å². The van der Waals surface area contributed by atoms with Crippen LogP contribution in [0.3, 0.4) is 0 Å². The normalized spacial score (nSPS) is 25.2. The number of rotatable bonds is 9. The lowest BCUT2D eigenvalue weighted by atomic mass is 9.95. The van der Waals surface area contributed by atoms with Gasteiger partial charge in [0, 0.05) is 56.9 Å². The minimum Gasteiger partial charge on any atom is -0.356 e. The molecule has 4 heterocycles. The molecule has 202 valence electrons. The highest BCUT2D eigenvalue weighted by Crippen LogP contribution is 2.25. The maximum Gasteiger partial charge on any atom is 0.225 e. The van der Waals surface area contributed by atoms with Crippen molar-refractivity contribution in [3.63, 3.8) is 0 Å². The van der Waals surface area contributed by atoms with E-state index in [-0.39, 0.29) is 5.92 Å². The molecule has 0 saturated carbocycles. The number of unbranched alkanes of at least 4 members (excludes halogenated alkanes) is 1. The van der Waals surface area contributed by atoms with Gasteiger partial charge < -0.3 is 15.1 Å². The topological polar surface area (TPSA) is 64.6 Å². The first-order chi connectivity index (χ1) is 17.7. The van der Waals surface area contributed by atoms with E-state index < -0.39 is 0 Å². The van der Waals surface area contributed by atoms with Crippen LogP contribution in [0.4, 0.5) is 11.8 Å². The molecule has 0 aliphatic carbocycles. The molecule has 3 saturated heterocycles. The molecule has 3 atom stereocenters. The Morgan fingerprint density at radius 3 is 2.58 bits per heavy atom. The maximum atomic E-state index is 13.3. The van der Waals surface area contributed by atoms with Gasteiger partial charge in [0.25, 0.3) is 0 Å². The van der Waals surface area contributed by atoms with Crippen LogP contribution < -0.4 is 10.2 Å². The molecule has 1 aromatic rings. The van der Waals surface area contributed by atoms with E-state index in [0.29, 0.717) is 18.0 Å². The molecule has 3 unspecified atom stereocenters. The quantitative estimate of drug-likeness (QED) is 0.496. The van der Waals surface area contributed by atoms with Crippen LogP contribution in [0.1, 0.15) is 97.3 Å². The summed E-state index contributed by atoms with van der Waals surface area (Å²) in [6.07, 6.45) is 17.3. The third kappa shape index (κ3) is 7.56. The number of aromatic nitrogens is 2. The number of carbonyl (C=O) groups is 1. The highest BCUT2D eigenvalue weighted by molar-refractivity contribution is 5.79. The van der Waals surface area contributed by atoms with Crippen LogP contribution in [0.2, 0.25) is 0 Å². The average molecular weight is 499 g/mol. The molecule has 0 bridgehead atoms. The lowest BCUT2D eigenvalue weighted by molar-refractivity contribution is -0.138. The van der Waals surface area contributed by atoms with Crippen molar-refractivity contribution in [2.24, 2.45) is 5.92 Å². The molecule has 3 fully saturated rings. The zero-order chi connectivity index (χ0) is 25.2. The average Bonchev–Trinajstić information content (AvgIpc) is 3.33. The van der Waals surface area contributed by atoms with Crippen LogP contribution in [0, 0.1) is 5.92 Å². The summed E-state index contributed by atoms with van der Waals surface area (Å²) in [7, 11) is 0. The Labute approximate surface area is 219 Å². The first-order valence-electron chi connectivity index (χ1n) is 15.0. The van der Waals surface area contributed by atoms with Crippen LogP contribution in [-0.2, 0) is 4.79 Å². The summed E-state index contributed by atoms with van der Waals surface area (Å²) in [5.41, 5.74) is 0. The van der Waals surface area contributed by atoms with Crippen molar-refractivity contribution in [2.45, 2.75) is 109 Å². The zero-order valence-corrected chi connectivity index (χ0v) is 23.0. The van der Waals surface area contributed by atoms with Crippen LogP contribution >= 0.6 is 0 Å². The number of nitrogens with zero attached hydrogens (tertiary/aromatic N) is 5. The van der Waals surface area contributed by atoms with Crippen molar-refractivity contribution < 1.29 is 4.79 Å². The molecule has 0 aromatic carbocycles. The number of piperidine rings is 1. The van der Waals surface area contributed by atoms with E-state index in [0.717, 1.165) is 83.1 Å². The molecule has 7 nitrogen and oxygen atoms in total. The maximum absolute atomic E-state index is 13.3. The van der Waals surface area contributed by atoms with E-state index in [1.807, 2.05) is 6.20 Å². The fourth-order valence-electron chi connectivity index (χ4n) is 6.36. The van der Waals surface area contributed by atoms with Crippen molar-refractivity contribution in [3.05, 3.63) is 12.3 Å². The molecule has 0 spiro atoms. The number of hydrogen-bond acceptors (Lipinski definition) is 6. The van der Waals surface area contributed by atoms with Crippen LogP contribution in [0.25, 0.3) is 0 Å². The first kappa shape index (κ1) is 27.2. The van der Waals surface area contributed by atoms with Crippen molar-refractivity contribution in [3.8, 4) is 0 Å². The van der Waals surface area contributed by atoms with Gasteiger partial charge in [0.05, 0.1) is 0 Å². The van der Waals surface area contributed by atoms with Gasteiger partial charge in [-0.2, -0.15) is 4.98 Å². The number of hydrogen-bond donors (Lipinski definition) is 1. The summed E-state index contributed by atoms with van der Waals surface area (Å²) in [4.78, 5) is 30.1. The zero-order valence-electron chi connectivity index (χ0n) is 23.0. The van der Waals surface area contributed by atoms with Crippen molar-refractivity contribution in [2.75, 3.05) is 49.5 Å². The summed E-state index contributed by atoms with van der Waals surface area (Å²) in [5.74, 6) is 2.44. The van der Waals surface area contributed by atoms with Crippen LogP contribution in [0.15, 0.2) is 12.3 Å². The Morgan fingerprint density at radius 2 is 1.81 bits per heavy atom. The molecular weight excluding hydrogens is 448 g/mol. The standard InChI is InChI=1S/C29H50N6O/c1-3-5-13-24(4-2)28(36)35-21-12-15-26(23-35)34-20-11-8-14-25(22-34)31-29-30-17-16-27(32-29)33-18-9-6-7-10-19-33/h16-17,24-26H,3-15,18-23H2,1-2H3,(H,30,31,32). The smallest absolute Gasteiger partial charge is 0.225 e. The largest absolute Gasteiger partial charge is 0.356 e. The van der Waals surface area contributed by atoms with E-state index in [1.54, 1.807) is 0 Å². The molecule has 7 heteroatoms.